The second-order valence-electron chi connectivity index (χ2n) is 7.69. The van der Waals surface area contributed by atoms with Gasteiger partial charge in [-0.25, -0.2) is 0 Å². The highest BCUT2D eigenvalue weighted by molar-refractivity contribution is 5.80. The van der Waals surface area contributed by atoms with Gasteiger partial charge in [-0.2, -0.15) is 13.9 Å². The minimum atomic E-state index is -2.83. The molecule has 1 aromatic carbocycles. The summed E-state index contributed by atoms with van der Waals surface area (Å²) in [6, 6.07) is 9.19. The van der Waals surface area contributed by atoms with Crippen LogP contribution in [0.4, 0.5) is 14.5 Å². The lowest BCUT2D eigenvalue weighted by molar-refractivity contribution is -0.0495. The van der Waals surface area contributed by atoms with Crippen LogP contribution in [0.3, 0.4) is 0 Å². The van der Waals surface area contributed by atoms with Crippen LogP contribution < -0.4 is 20.3 Å². The summed E-state index contributed by atoms with van der Waals surface area (Å²) in [6.45, 7) is 7.01. The number of ether oxygens (including phenoxy) is 1. The predicted octanol–water partition coefficient (Wildman–Crippen LogP) is 3.33. The van der Waals surface area contributed by atoms with Gasteiger partial charge in [-0.05, 0) is 51.8 Å². The summed E-state index contributed by atoms with van der Waals surface area (Å²) in [7, 11) is 0. The Morgan fingerprint density at radius 3 is 2.84 bits per heavy atom. The number of aryl methyl sites for hydroxylation is 3. The summed E-state index contributed by atoms with van der Waals surface area (Å²) in [5.74, 6) is 0.989. The first-order chi connectivity index (χ1) is 15.0. The third-order valence-corrected chi connectivity index (χ3v) is 5.20. The van der Waals surface area contributed by atoms with Crippen molar-refractivity contribution in [3.05, 3.63) is 41.7 Å². The molecule has 0 radical (unpaired) electrons. The van der Waals surface area contributed by atoms with Crippen LogP contribution in [0.5, 0.6) is 5.75 Å². The van der Waals surface area contributed by atoms with Crippen LogP contribution in [-0.2, 0) is 6.54 Å². The van der Waals surface area contributed by atoms with E-state index in [0.717, 1.165) is 49.8 Å². The van der Waals surface area contributed by atoms with Gasteiger partial charge in [-0.3, -0.25) is 9.67 Å². The Morgan fingerprint density at radius 2 is 2.13 bits per heavy atom. The van der Waals surface area contributed by atoms with E-state index in [1.54, 1.807) is 12.1 Å². The molecular weight excluding hydrogens is 402 g/mol. The van der Waals surface area contributed by atoms with E-state index in [4.69, 9.17) is 4.99 Å². The van der Waals surface area contributed by atoms with Crippen molar-refractivity contribution < 1.29 is 13.5 Å². The third-order valence-electron chi connectivity index (χ3n) is 5.20. The average molecular weight is 435 g/mol. The van der Waals surface area contributed by atoms with Gasteiger partial charge in [0.15, 0.2) is 5.96 Å². The summed E-state index contributed by atoms with van der Waals surface area (Å²) < 4.78 is 32.1. The van der Waals surface area contributed by atoms with Crippen molar-refractivity contribution in [1.29, 1.82) is 0 Å². The highest BCUT2D eigenvalue weighted by Crippen LogP contribution is 2.31. The number of anilines is 1. The van der Waals surface area contributed by atoms with E-state index in [-0.39, 0.29) is 11.8 Å². The van der Waals surface area contributed by atoms with Crippen LogP contribution in [0.25, 0.3) is 0 Å². The molecule has 170 valence electrons. The van der Waals surface area contributed by atoms with Gasteiger partial charge in [0.2, 0.25) is 0 Å². The summed E-state index contributed by atoms with van der Waals surface area (Å²) in [4.78, 5) is 6.77. The van der Waals surface area contributed by atoms with E-state index in [2.05, 4.69) is 38.4 Å². The van der Waals surface area contributed by atoms with Crippen molar-refractivity contribution in [1.82, 2.24) is 20.4 Å². The SMILES string of the molecule is CCNC(=NCCCn1nc(C)cc1C)NC1CCN(c2ccccc2OC(F)F)C1. The number of halogens is 2. The number of hydrogen-bond acceptors (Lipinski definition) is 4. The molecular formula is C22H32F2N6O. The second-order valence-corrected chi connectivity index (χ2v) is 7.69. The van der Waals surface area contributed by atoms with Crippen molar-refractivity contribution in [3.63, 3.8) is 0 Å². The molecule has 0 aliphatic carbocycles. The summed E-state index contributed by atoms with van der Waals surface area (Å²) in [5, 5.41) is 11.2. The molecule has 1 aliphatic rings. The van der Waals surface area contributed by atoms with Gasteiger partial charge in [0.25, 0.3) is 0 Å². The number of aliphatic imine (C=N–C) groups is 1. The fraction of sp³-hybridized carbons (Fsp3) is 0.545. The minimum absolute atomic E-state index is 0.174. The predicted molar refractivity (Wildman–Crippen MR) is 119 cm³/mol. The first-order valence-corrected chi connectivity index (χ1v) is 10.8. The van der Waals surface area contributed by atoms with E-state index in [9.17, 15) is 8.78 Å². The smallest absolute Gasteiger partial charge is 0.387 e. The van der Waals surface area contributed by atoms with E-state index < -0.39 is 6.61 Å². The molecule has 0 spiro atoms. The molecule has 0 bridgehead atoms. The van der Waals surface area contributed by atoms with E-state index in [1.807, 2.05) is 30.7 Å². The highest BCUT2D eigenvalue weighted by Gasteiger charge is 2.26. The normalized spacial score (nSPS) is 16.8. The molecule has 1 fully saturated rings. The molecule has 0 amide bonds. The van der Waals surface area contributed by atoms with E-state index in [0.29, 0.717) is 18.8 Å². The largest absolute Gasteiger partial charge is 0.433 e. The molecule has 7 nitrogen and oxygen atoms in total. The van der Waals surface area contributed by atoms with Crippen molar-refractivity contribution in [2.24, 2.45) is 4.99 Å². The van der Waals surface area contributed by atoms with Crippen molar-refractivity contribution in [2.45, 2.75) is 52.8 Å². The van der Waals surface area contributed by atoms with Crippen LogP contribution in [0.15, 0.2) is 35.3 Å². The molecule has 0 saturated carbocycles. The molecule has 2 N–H and O–H groups in total. The number of benzene rings is 1. The number of hydrogen-bond donors (Lipinski definition) is 2. The van der Waals surface area contributed by atoms with Crippen LogP contribution in [0.1, 0.15) is 31.2 Å². The first kappa shape index (κ1) is 22.8. The van der Waals surface area contributed by atoms with Gasteiger partial charge in [0, 0.05) is 44.5 Å². The molecule has 2 aromatic rings. The lowest BCUT2D eigenvalue weighted by Gasteiger charge is -2.22. The van der Waals surface area contributed by atoms with Gasteiger partial charge < -0.3 is 20.3 Å². The maximum absolute atomic E-state index is 12.7. The molecule has 1 aliphatic heterocycles. The van der Waals surface area contributed by atoms with Gasteiger partial charge in [-0.1, -0.05) is 12.1 Å². The maximum Gasteiger partial charge on any atom is 0.387 e. The second kappa shape index (κ2) is 11.0. The number of alkyl halides is 2. The zero-order valence-corrected chi connectivity index (χ0v) is 18.4. The van der Waals surface area contributed by atoms with E-state index >= 15 is 0 Å². The average Bonchev–Trinajstić information content (AvgIpc) is 3.31. The van der Waals surface area contributed by atoms with Crippen LogP contribution in [0.2, 0.25) is 0 Å². The first-order valence-electron chi connectivity index (χ1n) is 10.8. The summed E-state index contributed by atoms with van der Waals surface area (Å²) in [5.41, 5.74) is 2.88. The molecule has 2 heterocycles. The molecule has 1 aromatic heterocycles. The number of nitrogens with one attached hydrogen (secondary N) is 2. The Morgan fingerprint density at radius 1 is 1.32 bits per heavy atom. The van der Waals surface area contributed by atoms with Crippen molar-refractivity contribution in [2.75, 3.05) is 31.1 Å². The highest BCUT2D eigenvalue weighted by atomic mass is 19.3. The maximum atomic E-state index is 12.7. The summed E-state index contributed by atoms with van der Waals surface area (Å²) >= 11 is 0. The van der Waals surface area contributed by atoms with Gasteiger partial charge in [-0.15, -0.1) is 0 Å². The molecule has 9 heteroatoms. The quantitative estimate of drug-likeness (QED) is 0.360. The lowest BCUT2D eigenvalue weighted by Crippen LogP contribution is -2.44. The zero-order valence-electron chi connectivity index (χ0n) is 18.4. The minimum Gasteiger partial charge on any atom is -0.433 e. The number of aromatic nitrogens is 2. The Balaban J connectivity index is 1.54. The molecule has 3 rings (SSSR count). The topological polar surface area (TPSA) is 66.7 Å². The van der Waals surface area contributed by atoms with Crippen molar-refractivity contribution in [3.8, 4) is 5.75 Å². The van der Waals surface area contributed by atoms with Gasteiger partial charge >= 0.3 is 6.61 Å². The van der Waals surface area contributed by atoms with Crippen molar-refractivity contribution >= 4 is 11.6 Å². The van der Waals surface area contributed by atoms with Crippen LogP contribution in [0, 0.1) is 13.8 Å². The fourth-order valence-electron chi connectivity index (χ4n) is 3.84. The van der Waals surface area contributed by atoms with Gasteiger partial charge in [0.05, 0.1) is 11.4 Å². The molecule has 1 atom stereocenters. The zero-order chi connectivity index (χ0) is 22.2. The Labute approximate surface area is 182 Å². The van der Waals surface area contributed by atoms with E-state index in [1.165, 1.54) is 0 Å². The van der Waals surface area contributed by atoms with Crippen LogP contribution in [-0.4, -0.2) is 54.6 Å². The third kappa shape index (κ3) is 6.57. The number of nitrogens with zero attached hydrogens (tertiary/aromatic N) is 4. The van der Waals surface area contributed by atoms with Gasteiger partial charge in [0.1, 0.15) is 5.75 Å². The van der Waals surface area contributed by atoms with Crippen LogP contribution >= 0.6 is 0 Å². The number of guanidine groups is 1. The molecule has 1 unspecified atom stereocenters. The summed E-state index contributed by atoms with van der Waals surface area (Å²) in [6.07, 6.45) is 1.78. The molecule has 31 heavy (non-hydrogen) atoms. The number of rotatable bonds is 9. The Hall–Kier alpha value is -2.84. The number of para-hydroxylation sites is 2. The fourth-order valence-corrected chi connectivity index (χ4v) is 3.84. The lowest BCUT2D eigenvalue weighted by atomic mass is 10.2. The Bertz CT molecular complexity index is 869. The molecule has 1 saturated heterocycles. The monoisotopic (exact) mass is 434 g/mol. The Kier molecular flexibility index (Phi) is 8.08. The standard InChI is InChI=1S/C22H32F2N6O/c1-4-25-22(26-11-7-12-30-17(3)14-16(2)28-30)27-18-10-13-29(15-18)19-8-5-6-9-20(19)31-21(23)24/h5-6,8-9,14,18,21H,4,7,10-13,15H2,1-3H3,(H2,25,26,27).